The maximum atomic E-state index is 2.24. The SMILES string of the molecule is C[n+]1cccc2c1CCC2.[OH-]. The maximum Gasteiger partial charge on any atom is 0.184 e. The van der Waals surface area contributed by atoms with E-state index in [0.29, 0.717) is 0 Å². The molecule has 60 valence electrons. The van der Waals surface area contributed by atoms with Gasteiger partial charge in [0.1, 0.15) is 7.05 Å². The number of aromatic nitrogens is 1. The largest absolute Gasteiger partial charge is 0.870 e. The van der Waals surface area contributed by atoms with E-state index in [0.717, 1.165) is 0 Å². The van der Waals surface area contributed by atoms with Crippen molar-refractivity contribution in [2.45, 2.75) is 19.3 Å². The molecule has 1 aromatic heterocycles. The van der Waals surface area contributed by atoms with Crippen LogP contribution in [0.1, 0.15) is 17.7 Å². The van der Waals surface area contributed by atoms with Crippen LogP contribution in [0, 0.1) is 0 Å². The third-order valence-corrected chi connectivity index (χ3v) is 2.26. The lowest BCUT2D eigenvalue weighted by atomic mass is 10.2. The minimum absolute atomic E-state index is 0. The normalized spacial score (nSPS) is 13.9. The van der Waals surface area contributed by atoms with Gasteiger partial charge in [0.25, 0.3) is 0 Å². The molecule has 2 nitrogen and oxygen atoms in total. The molecule has 0 saturated carbocycles. The number of pyridine rings is 1. The second-order valence-electron chi connectivity index (χ2n) is 2.94. The zero-order valence-electron chi connectivity index (χ0n) is 6.75. The number of aryl methyl sites for hydroxylation is 2. The monoisotopic (exact) mass is 151 g/mol. The Hall–Kier alpha value is -0.890. The topological polar surface area (TPSA) is 33.9 Å². The van der Waals surface area contributed by atoms with Crippen LogP contribution in [-0.4, -0.2) is 5.48 Å². The Labute approximate surface area is 66.8 Å². The summed E-state index contributed by atoms with van der Waals surface area (Å²) in [6, 6.07) is 4.37. The van der Waals surface area contributed by atoms with Gasteiger partial charge in [0.05, 0.1) is 0 Å². The molecule has 0 spiro atoms. The van der Waals surface area contributed by atoms with Crippen LogP contribution in [-0.2, 0) is 19.9 Å². The first-order valence-electron chi connectivity index (χ1n) is 3.84. The zero-order valence-corrected chi connectivity index (χ0v) is 6.75. The molecule has 0 atom stereocenters. The standard InChI is InChI=1S/C9H12N.H2O/c1-10-7-3-5-8-4-2-6-9(8)10;/h3,5,7H,2,4,6H2,1H3;1H2/q+1;/p-1. The van der Waals surface area contributed by atoms with Crippen molar-refractivity contribution in [3.63, 3.8) is 0 Å². The van der Waals surface area contributed by atoms with E-state index in [1.165, 1.54) is 25.0 Å². The Morgan fingerprint density at radius 2 is 2.18 bits per heavy atom. The van der Waals surface area contributed by atoms with Gasteiger partial charge >= 0.3 is 0 Å². The van der Waals surface area contributed by atoms with Crippen molar-refractivity contribution in [3.05, 3.63) is 29.6 Å². The summed E-state index contributed by atoms with van der Waals surface area (Å²) >= 11 is 0. The van der Waals surface area contributed by atoms with Gasteiger partial charge in [-0.15, -0.1) is 0 Å². The first kappa shape index (κ1) is 8.21. The minimum atomic E-state index is 0. The van der Waals surface area contributed by atoms with E-state index < -0.39 is 0 Å². The van der Waals surface area contributed by atoms with Crippen molar-refractivity contribution in [1.82, 2.24) is 0 Å². The van der Waals surface area contributed by atoms with Crippen LogP contribution in [0.5, 0.6) is 0 Å². The molecule has 1 heterocycles. The predicted octanol–water partition coefficient (Wildman–Crippen LogP) is 0.823. The van der Waals surface area contributed by atoms with E-state index >= 15 is 0 Å². The molecule has 0 aromatic carbocycles. The lowest BCUT2D eigenvalue weighted by Crippen LogP contribution is -2.32. The number of hydrogen-bond donors (Lipinski definition) is 0. The van der Waals surface area contributed by atoms with Gasteiger partial charge in [-0.25, -0.2) is 4.57 Å². The van der Waals surface area contributed by atoms with Gasteiger partial charge in [0, 0.05) is 18.1 Å². The summed E-state index contributed by atoms with van der Waals surface area (Å²) < 4.78 is 2.24. The van der Waals surface area contributed by atoms with Gasteiger partial charge in [0.15, 0.2) is 11.9 Å². The average molecular weight is 151 g/mol. The summed E-state index contributed by atoms with van der Waals surface area (Å²) in [5.41, 5.74) is 3.08. The van der Waals surface area contributed by atoms with E-state index in [2.05, 4.69) is 29.9 Å². The summed E-state index contributed by atoms with van der Waals surface area (Å²) in [5.74, 6) is 0. The summed E-state index contributed by atoms with van der Waals surface area (Å²) in [5, 5.41) is 0. The van der Waals surface area contributed by atoms with Crippen LogP contribution < -0.4 is 4.57 Å². The fourth-order valence-corrected chi connectivity index (χ4v) is 1.71. The molecule has 11 heavy (non-hydrogen) atoms. The van der Waals surface area contributed by atoms with Gasteiger partial charge < -0.3 is 5.48 Å². The number of hydrogen-bond acceptors (Lipinski definition) is 1. The highest BCUT2D eigenvalue weighted by atomic mass is 16.0. The van der Waals surface area contributed by atoms with Crippen molar-refractivity contribution in [2.75, 3.05) is 0 Å². The van der Waals surface area contributed by atoms with Crippen LogP contribution in [0.15, 0.2) is 18.3 Å². The summed E-state index contributed by atoms with van der Waals surface area (Å²) in [4.78, 5) is 0. The van der Waals surface area contributed by atoms with Crippen LogP contribution in [0.25, 0.3) is 0 Å². The summed E-state index contributed by atoms with van der Waals surface area (Å²) in [7, 11) is 2.13. The molecule has 2 rings (SSSR count). The minimum Gasteiger partial charge on any atom is -0.870 e. The van der Waals surface area contributed by atoms with Crippen molar-refractivity contribution >= 4 is 0 Å². The number of fused-ring (bicyclic) bond motifs is 1. The first-order valence-corrected chi connectivity index (χ1v) is 3.84. The van der Waals surface area contributed by atoms with Crippen LogP contribution in [0.2, 0.25) is 0 Å². The van der Waals surface area contributed by atoms with E-state index in [4.69, 9.17) is 0 Å². The fraction of sp³-hybridized carbons (Fsp3) is 0.444. The molecular weight excluding hydrogens is 138 g/mol. The molecule has 0 amide bonds. The van der Waals surface area contributed by atoms with Gasteiger partial charge in [-0.05, 0) is 18.9 Å². The van der Waals surface area contributed by atoms with Gasteiger partial charge in [-0.1, -0.05) is 0 Å². The Balaban J connectivity index is 0.000000605. The Morgan fingerprint density at radius 1 is 1.36 bits per heavy atom. The maximum absolute atomic E-state index is 2.24. The predicted molar refractivity (Wildman–Crippen MR) is 41.6 cm³/mol. The fourth-order valence-electron chi connectivity index (χ4n) is 1.71. The first-order chi connectivity index (χ1) is 4.88. The molecule has 0 unspecified atom stereocenters. The van der Waals surface area contributed by atoms with Crippen molar-refractivity contribution < 1.29 is 10.0 Å². The quantitative estimate of drug-likeness (QED) is 0.505. The Kier molecular flexibility index (Phi) is 2.25. The van der Waals surface area contributed by atoms with E-state index in [9.17, 15) is 0 Å². The lowest BCUT2D eigenvalue weighted by Gasteiger charge is -1.94. The molecule has 1 aromatic rings. The molecule has 0 saturated heterocycles. The summed E-state index contributed by atoms with van der Waals surface area (Å²) in [6.45, 7) is 0. The second-order valence-corrected chi connectivity index (χ2v) is 2.94. The molecule has 0 fully saturated rings. The van der Waals surface area contributed by atoms with Crippen LogP contribution >= 0.6 is 0 Å². The van der Waals surface area contributed by atoms with E-state index in [-0.39, 0.29) is 5.48 Å². The number of rotatable bonds is 0. The molecule has 0 radical (unpaired) electrons. The van der Waals surface area contributed by atoms with Gasteiger partial charge in [0.2, 0.25) is 0 Å². The smallest absolute Gasteiger partial charge is 0.184 e. The lowest BCUT2D eigenvalue weighted by molar-refractivity contribution is -0.678. The molecule has 1 N–H and O–H groups in total. The molecule has 0 bridgehead atoms. The van der Waals surface area contributed by atoms with Crippen molar-refractivity contribution in [1.29, 1.82) is 0 Å². The molecule has 1 aliphatic rings. The van der Waals surface area contributed by atoms with Crippen molar-refractivity contribution in [3.8, 4) is 0 Å². The van der Waals surface area contributed by atoms with Gasteiger partial charge in [-0.3, -0.25) is 0 Å². The molecular formula is C9H13NO. The molecule has 2 heteroatoms. The Bertz CT molecular complexity index is 258. The third-order valence-electron chi connectivity index (χ3n) is 2.26. The highest BCUT2D eigenvalue weighted by Crippen LogP contribution is 2.16. The molecule has 1 aliphatic carbocycles. The van der Waals surface area contributed by atoms with Gasteiger partial charge in [-0.2, -0.15) is 0 Å². The second kappa shape index (κ2) is 3.01. The number of nitrogens with zero attached hydrogens (tertiary/aromatic N) is 1. The highest BCUT2D eigenvalue weighted by Gasteiger charge is 2.17. The van der Waals surface area contributed by atoms with Crippen molar-refractivity contribution in [2.24, 2.45) is 7.05 Å². The van der Waals surface area contributed by atoms with Crippen LogP contribution in [0.3, 0.4) is 0 Å². The zero-order chi connectivity index (χ0) is 6.97. The molecule has 0 aliphatic heterocycles. The highest BCUT2D eigenvalue weighted by molar-refractivity contribution is 5.20. The average Bonchev–Trinajstić information content (AvgIpc) is 2.36. The Morgan fingerprint density at radius 3 is 2.91 bits per heavy atom. The summed E-state index contributed by atoms with van der Waals surface area (Å²) in [6.07, 6.45) is 6.02. The van der Waals surface area contributed by atoms with Crippen LogP contribution in [0.4, 0.5) is 0 Å². The van der Waals surface area contributed by atoms with E-state index in [1.54, 1.807) is 5.56 Å². The third kappa shape index (κ3) is 1.26. The van der Waals surface area contributed by atoms with E-state index in [1.807, 2.05) is 0 Å².